The van der Waals surface area contributed by atoms with Crippen molar-refractivity contribution in [3.8, 4) is 0 Å². The van der Waals surface area contributed by atoms with E-state index >= 15 is 0 Å². The van der Waals surface area contributed by atoms with Crippen molar-refractivity contribution in [2.24, 2.45) is 11.8 Å². The highest BCUT2D eigenvalue weighted by Gasteiger charge is 2.46. The lowest BCUT2D eigenvalue weighted by Crippen LogP contribution is -2.46. The van der Waals surface area contributed by atoms with Crippen LogP contribution in [0.15, 0.2) is 0 Å². The molecule has 24 nitrogen and oxygen atoms in total. The van der Waals surface area contributed by atoms with E-state index in [1.165, 1.54) is 14.2 Å². The van der Waals surface area contributed by atoms with Crippen LogP contribution in [-0.4, -0.2) is 179 Å². The molecule has 8 atom stereocenters. The van der Waals surface area contributed by atoms with Gasteiger partial charge in [-0.2, -0.15) is 0 Å². The zero-order valence-corrected chi connectivity index (χ0v) is 47.9. The zero-order valence-electron chi connectivity index (χ0n) is 44.7. The predicted octanol–water partition coefficient (Wildman–Crippen LogP) is 2.87. The Morgan fingerprint density at radius 3 is 0.892 bits per heavy atom. The summed E-state index contributed by atoms with van der Waals surface area (Å²) in [6.45, 7) is 20.2. The van der Waals surface area contributed by atoms with Crippen molar-refractivity contribution in [3.05, 3.63) is 0 Å². The van der Waals surface area contributed by atoms with E-state index in [1.54, 1.807) is 83.1 Å². The molecular formula is C46H72N4O20S4. The number of thioether (sulfide) groups is 4. The Morgan fingerprint density at radius 1 is 0.419 bits per heavy atom. The van der Waals surface area contributed by atoms with Crippen LogP contribution in [-0.2, 0) is 85.8 Å². The quantitative estimate of drug-likeness (QED) is 0.0688. The first-order chi connectivity index (χ1) is 33.9. The van der Waals surface area contributed by atoms with Crippen molar-refractivity contribution in [2.75, 3.05) is 51.5 Å². The first-order valence-electron chi connectivity index (χ1n) is 22.8. The number of nitrogens with one attached hydrogen (secondary N) is 4. The van der Waals surface area contributed by atoms with Crippen LogP contribution in [0.2, 0.25) is 0 Å². The minimum Gasteiger partial charge on any atom is -0.469 e. The summed E-state index contributed by atoms with van der Waals surface area (Å²) in [6.07, 6.45) is -2.21. The molecule has 0 aliphatic carbocycles. The Bertz CT molecular complexity index is 1770. The summed E-state index contributed by atoms with van der Waals surface area (Å²) < 4.78 is 39.9. The number of hydrogen-bond donors (Lipinski definition) is 4. The fourth-order valence-corrected chi connectivity index (χ4v) is 11.6. The summed E-state index contributed by atoms with van der Waals surface area (Å²) in [6, 6.07) is -2.29. The van der Waals surface area contributed by atoms with Crippen molar-refractivity contribution in [3.63, 3.8) is 0 Å². The molecule has 2 heterocycles. The minimum atomic E-state index is -1.14. The molecule has 6 amide bonds. The maximum Gasteiger partial charge on any atom is 0.408 e. The molecule has 2 saturated heterocycles. The number of alkyl carbamates (subject to hydrolysis) is 2. The number of imide groups is 2. The van der Waals surface area contributed by atoms with Crippen molar-refractivity contribution in [1.29, 1.82) is 0 Å². The van der Waals surface area contributed by atoms with Gasteiger partial charge in [0.25, 0.3) is 0 Å². The van der Waals surface area contributed by atoms with Crippen LogP contribution in [0.5, 0.6) is 0 Å². The lowest BCUT2D eigenvalue weighted by atomic mass is 10.1. The molecule has 0 bridgehead atoms. The molecule has 28 heteroatoms. The lowest BCUT2D eigenvalue weighted by molar-refractivity contribution is -0.160. The van der Waals surface area contributed by atoms with Gasteiger partial charge in [-0.3, -0.25) is 49.0 Å². The first kappa shape index (κ1) is 67.1. The smallest absolute Gasteiger partial charge is 0.408 e. The Hall–Kier alpha value is -4.96. The average molecular weight is 1130 g/mol. The molecule has 0 spiro atoms. The number of methoxy groups -OCH3 is 4. The molecule has 0 aromatic carbocycles. The fraction of sp³-hybridized carbons (Fsp3) is 0.739. The molecule has 2 rings (SSSR count). The summed E-state index contributed by atoms with van der Waals surface area (Å²) in [4.78, 5) is 148. The van der Waals surface area contributed by atoms with E-state index in [0.717, 1.165) is 61.3 Å². The average Bonchev–Trinajstić information content (AvgIpc) is 3.69. The minimum absolute atomic E-state index is 0.00489. The summed E-state index contributed by atoms with van der Waals surface area (Å²) in [5.41, 5.74) is -3.08. The van der Waals surface area contributed by atoms with Crippen LogP contribution < -0.4 is 21.3 Å². The van der Waals surface area contributed by atoms with Gasteiger partial charge in [0.2, 0.25) is 23.6 Å². The Morgan fingerprint density at radius 2 is 0.662 bits per heavy atom. The number of rotatable bonds is 22. The fourth-order valence-electron chi connectivity index (χ4n) is 6.01. The van der Waals surface area contributed by atoms with E-state index < -0.39 is 139 Å². The van der Waals surface area contributed by atoms with Gasteiger partial charge < -0.3 is 48.5 Å². The number of amides is 6. The molecule has 2 aliphatic rings. The van der Waals surface area contributed by atoms with E-state index in [0.29, 0.717) is 0 Å². The Labute approximate surface area is 448 Å². The van der Waals surface area contributed by atoms with E-state index in [4.69, 9.17) is 37.9 Å². The van der Waals surface area contributed by atoms with Crippen LogP contribution in [0, 0.1) is 11.8 Å². The molecule has 0 aromatic heterocycles. The number of carbonyl (C=O) groups is 12. The number of ether oxygens (including phenoxy) is 8. The highest BCUT2D eigenvalue weighted by molar-refractivity contribution is 8.05. The third-order valence-corrected chi connectivity index (χ3v) is 15.0. The van der Waals surface area contributed by atoms with E-state index in [9.17, 15) is 57.5 Å². The van der Waals surface area contributed by atoms with Crippen LogP contribution in [0.3, 0.4) is 0 Å². The van der Waals surface area contributed by atoms with Crippen LogP contribution >= 0.6 is 47.0 Å². The summed E-state index contributed by atoms with van der Waals surface area (Å²) >= 11 is 3.97. The van der Waals surface area contributed by atoms with Gasteiger partial charge in [-0.25, -0.2) is 19.2 Å². The van der Waals surface area contributed by atoms with Gasteiger partial charge in [-0.15, -0.1) is 47.0 Å². The largest absolute Gasteiger partial charge is 0.469 e. The second-order valence-corrected chi connectivity index (χ2v) is 24.9. The zero-order chi connectivity index (χ0) is 57.1. The molecule has 0 saturated carbocycles. The topological polar surface area (TPSA) is 327 Å². The number of carbonyl (C=O) groups excluding carboxylic acids is 12. The van der Waals surface area contributed by atoms with Crippen LogP contribution in [0.1, 0.15) is 95.9 Å². The SMILES string of the molecule is COC(=O)[C@H](CS[C@@H]1C(=O)NC(=O)C1SC[C@H](NC(=O)OC(C)(C)C)C(=O)OC)CC(=O)OC(C)(C)C.COC(=O)[C@H](CS[C@@H]1C(=O)NC(=O)C1SC[C@H](NC(=O)OC(C)(C)C)C(=O)OC)CC(=O)OC(C)(C)C. The van der Waals surface area contributed by atoms with Gasteiger partial charge in [-0.1, -0.05) is 0 Å². The molecule has 74 heavy (non-hydrogen) atoms. The van der Waals surface area contributed by atoms with Gasteiger partial charge in [0.15, 0.2) is 0 Å². The molecular weight excluding hydrogens is 1060 g/mol. The normalized spacial score (nSPS) is 19.4. The van der Waals surface area contributed by atoms with Crippen LogP contribution in [0.25, 0.3) is 0 Å². The molecule has 2 unspecified atom stereocenters. The summed E-state index contributed by atoms with van der Waals surface area (Å²) in [5, 5.41) is 5.62. The highest BCUT2D eigenvalue weighted by Crippen LogP contribution is 2.34. The molecule has 4 N–H and O–H groups in total. The standard InChI is InChI=1S/2C23H36N2O10S2/c2*1-22(2,3)34-14(26)9-12(19(29)32-7)10-36-15-16(18(28)25-17(15)27)37-11-13(20(30)33-8)24-21(31)35-23(4,5)6/h2*12-13,15-16H,9-11H2,1-8H3,(H,24,31)(H,25,27,28)/t2*12-,13-,15-,16?/m00/s1. The van der Waals surface area contributed by atoms with Gasteiger partial charge >= 0.3 is 48.0 Å². The van der Waals surface area contributed by atoms with Crippen molar-refractivity contribution in [2.45, 2.75) is 151 Å². The lowest BCUT2D eigenvalue weighted by Gasteiger charge is -2.24. The van der Waals surface area contributed by atoms with Crippen molar-refractivity contribution in [1.82, 2.24) is 21.3 Å². The Kier molecular flexibility index (Phi) is 27.1. The Balaban J connectivity index is 0.000000740. The first-order valence-corrected chi connectivity index (χ1v) is 27.0. The predicted molar refractivity (Wildman–Crippen MR) is 274 cm³/mol. The van der Waals surface area contributed by atoms with Gasteiger partial charge in [0.05, 0.1) is 53.1 Å². The highest BCUT2D eigenvalue weighted by atomic mass is 32.2. The molecule has 2 aliphatic heterocycles. The molecule has 0 aromatic rings. The van der Waals surface area contributed by atoms with E-state index in [1.807, 2.05) is 0 Å². The van der Waals surface area contributed by atoms with E-state index in [-0.39, 0.29) is 35.9 Å². The number of hydrogen-bond acceptors (Lipinski definition) is 24. The molecule has 420 valence electrons. The number of esters is 6. The van der Waals surface area contributed by atoms with Crippen LogP contribution in [0.4, 0.5) is 9.59 Å². The van der Waals surface area contributed by atoms with Crippen molar-refractivity contribution >= 4 is 119 Å². The van der Waals surface area contributed by atoms with E-state index in [2.05, 4.69) is 21.3 Å². The second-order valence-electron chi connectivity index (χ2n) is 20.2. The van der Waals surface area contributed by atoms with Crippen molar-refractivity contribution < 1.29 is 95.4 Å². The third-order valence-electron chi connectivity index (χ3n) is 9.00. The monoisotopic (exact) mass is 1130 g/mol. The van der Waals surface area contributed by atoms with Gasteiger partial charge in [0, 0.05) is 23.0 Å². The summed E-state index contributed by atoms with van der Waals surface area (Å²) in [5.74, 6) is -8.28. The maximum absolute atomic E-state index is 12.5. The maximum atomic E-state index is 12.5. The van der Waals surface area contributed by atoms with Gasteiger partial charge in [-0.05, 0) is 83.1 Å². The second kappa shape index (κ2) is 30.0. The summed E-state index contributed by atoms with van der Waals surface area (Å²) in [7, 11) is 4.67. The van der Waals surface area contributed by atoms with Gasteiger partial charge in [0.1, 0.15) is 55.5 Å². The molecule has 0 radical (unpaired) electrons. The third kappa shape index (κ3) is 25.5. The molecule has 2 fully saturated rings.